The largest absolute Gasteiger partial charge is 0.310 e. The highest BCUT2D eigenvalue weighted by Gasteiger charge is 2.21. The lowest BCUT2D eigenvalue weighted by atomic mass is 10.2. The molecule has 0 saturated heterocycles. The number of nitrogens with zero attached hydrogens (tertiary/aromatic N) is 2. The quantitative estimate of drug-likeness (QED) is 0.735. The topological polar surface area (TPSA) is 29.9 Å². The number of aromatic nitrogens is 2. The number of rotatable bonds is 8. The molecular weight excluding hydrogens is 242 g/mol. The lowest BCUT2D eigenvalue weighted by molar-refractivity contribution is 0.584. The predicted molar refractivity (Wildman–Crippen MR) is 79.2 cm³/mol. The van der Waals surface area contributed by atoms with Crippen LogP contribution in [0.1, 0.15) is 43.1 Å². The summed E-state index contributed by atoms with van der Waals surface area (Å²) in [5, 5.41) is 8.26. The molecular formula is C14H25N3S. The van der Waals surface area contributed by atoms with Gasteiger partial charge >= 0.3 is 0 Å². The van der Waals surface area contributed by atoms with Crippen molar-refractivity contribution in [3.63, 3.8) is 0 Å². The normalized spacial score (nSPS) is 15.3. The standard InChI is InChI=1S/C14H25N3S/c1-4-18-9-5-8-17-12(3)14(11(2)16-17)10-15-13-6-7-13/h13,15H,4-10H2,1-3H3. The van der Waals surface area contributed by atoms with Gasteiger partial charge in [0.25, 0.3) is 0 Å². The first-order chi connectivity index (χ1) is 8.72. The molecule has 0 radical (unpaired) electrons. The SMILES string of the molecule is CCSCCCn1nc(C)c(CNC2CC2)c1C. The van der Waals surface area contributed by atoms with Crippen LogP contribution in [-0.4, -0.2) is 27.3 Å². The van der Waals surface area contributed by atoms with E-state index in [1.807, 2.05) is 11.8 Å². The smallest absolute Gasteiger partial charge is 0.0641 e. The van der Waals surface area contributed by atoms with Crippen LogP contribution in [-0.2, 0) is 13.1 Å². The van der Waals surface area contributed by atoms with E-state index in [0.29, 0.717) is 0 Å². The zero-order valence-electron chi connectivity index (χ0n) is 11.8. The number of thioether (sulfide) groups is 1. The Morgan fingerprint density at radius 1 is 1.39 bits per heavy atom. The van der Waals surface area contributed by atoms with Gasteiger partial charge in [-0.15, -0.1) is 0 Å². The average molecular weight is 267 g/mol. The van der Waals surface area contributed by atoms with Gasteiger partial charge in [-0.3, -0.25) is 4.68 Å². The molecule has 1 saturated carbocycles. The third kappa shape index (κ3) is 3.75. The minimum Gasteiger partial charge on any atom is -0.310 e. The molecule has 0 aromatic carbocycles. The van der Waals surface area contributed by atoms with E-state index in [9.17, 15) is 0 Å². The maximum Gasteiger partial charge on any atom is 0.0641 e. The Kier molecular flexibility index (Phi) is 5.13. The fourth-order valence-electron chi connectivity index (χ4n) is 2.20. The first-order valence-electron chi connectivity index (χ1n) is 7.06. The molecule has 102 valence electrons. The van der Waals surface area contributed by atoms with E-state index < -0.39 is 0 Å². The first kappa shape index (κ1) is 13.9. The van der Waals surface area contributed by atoms with E-state index in [-0.39, 0.29) is 0 Å². The van der Waals surface area contributed by atoms with E-state index in [1.165, 1.54) is 47.7 Å². The van der Waals surface area contributed by atoms with E-state index in [0.717, 1.165) is 19.1 Å². The van der Waals surface area contributed by atoms with Crippen LogP contribution in [0.4, 0.5) is 0 Å². The van der Waals surface area contributed by atoms with Gasteiger partial charge in [0.1, 0.15) is 0 Å². The van der Waals surface area contributed by atoms with Crippen molar-refractivity contribution in [2.24, 2.45) is 0 Å². The van der Waals surface area contributed by atoms with Crippen molar-refractivity contribution in [3.05, 3.63) is 17.0 Å². The molecule has 0 aliphatic heterocycles. The van der Waals surface area contributed by atoms with Gasteiger partial charge in [0.2, 0.25) is 0 Å². The first-order valence-corrected chi connectivity index (χ1v) is 8.21. The Hall–Kier alpha value is -0.480. The Morgan fingerprint density at radius 2 is 2.17 bits per heavy atom. The van der Waals surface area contributed by atoms with E-state index in [1.54, 1.807) is 0 Å². The molecule has 2 rings (SSSR count). The van der Waals surface area contributed by atoms with Crippen LogP contribution < -0.4 is 5.32 Å². The number of nitrogens with one attached hydrogen (secondary N) is 1. The number of hydrogen-bond acceptors (Lipinski definition) is 3. The summed E-state index contributed by atoms with van der Waals surface area (Å²) in [6.45, 7) is 8.61. The molecule has 1 aliphatic rings. The molecule has 0 bridgehead atoms. The highest BCUT2D eigenvalue weighted by Crippen LogP contribution is 2.21. The lowest BCUT2D eigenvalue weighted by Crippen LogP contribution is -2.16. The molecule has 0 spiro atoms. The second-order valence-electron chi connectivity index (χ2n) is 5.08. The van der Waals surface area contributed by atoms with Crippen molar-refractivity contribution in [3.8, 4) is 0 Å². The van der Waals surface area contributed by atoms with Crippen molar-refractivity contribution in [1.29, 1.82) is 0 Å². The summed E-state index contributed by atoms with van der Waals surface area (Å²) >= 11 is 2.01. The summed E-state index contributed by atoms with van der Waals surface area (Å²) in [6, 6.07) is 0.771. The zero-order chi connectivity index (χ0) is 13.0. The maximum absolute atomic E-state index is 4.67. The molecule has 0 atom stereocenters. The predicted octanol–water partition coefficient (Wildman–Crippen LogP) is 2.90. The average Bonchev–Trinajstić information content (AvgIpc) is 3.13. The van der Waals surface area contributed by atoms with Crippen LogP contribution in [0.5, 0.6) is 0 Å². The molecule has 1 N–H and O–H groups in total. The van der Waals surface area contributed by atoms with Gasteiger partial charge in [-0.1, -0.05) is 6.92 Å². The second kappa shape index (κ2) is 6.62. The molecule has 3 nitrogen and oxygen atoms in total. The van der Waals surface area contributed by atoms with Crippen LogP contribution in [0.2, 0.25) is 0 Å². The molecule has 1 aliphatic carbocycles. The lowest BCUT2D eigenvalue weighted by Gasteiger charge is -2.06. The summed E-state index contributed by atoms with van der Waals surface area (Å²) < 4.78 is 2.19. The zero-order valence-corrected chi connectivity index (χ0v) is 12.6. The summed E-state index contributed by atoms with van der Waals surface area (Å²) in [7, 11) is 0. The van der Waals surface area contributed by atoms with E-state index in [4.69, 9.17) is 0 Å². The maximum atomic E-state index is 4.67. The van der Waals surface area contributed by atoms with Gasteiger partial charge < -0.3 is 5.32 Å². The third-order valence-electron chi connectivity index (χ3n) is 3.54. The van der Waals surface area contributed by atoms with Crippen LogP contribution >= 0.6 is 11.8 Å². The molecule has 1 aromatic rings. The Bertz CT molecular complexity index is 383. The van der Waals surface area contributed by atoms with Crippen molar-refractivity contribution in [1.82, 2.24) is 15.1 Å². The van der Waals surface area contributed by atoms with Gasteiger partial charge in [0.15, 0.2) is 0 Å². The monoisotopic (exact) mass is 267 g/mol. The Morgan fingerprint density at radius 3 is 2.83 bits per heavy atom. The summed E-state index contributed by atoms with van der Waals surface area (Å²) in [5.41, 5.74) is 3.95. The van der Waals surface area contributed by atoms with Crippen molar-refractivity contribution < 1.29 is 0 Å². The van der Waals surface area contributed by atoms with Crippen LogP contribution in [0.25, 0.3) is 0 Å². The van der Waals surface area contributed by atoms with Crippen LogP contribution in [0, 0.1) is 13.8 Å². The van der Waals surface area contributed by atoms with Crippen LogP contribution in [0.3, 0.4) is 0 Å². The Balaban J connectivity index is 1.87. The fourth-order valence-corrected chi connectivity index (χ4v) is 2.82. The summed E-state index contributed by atoms with van der Waals surface area (Å²) in [5.74, 6) is 2.46. The van der Waals surface area contributed by atoms with Gasteiger partial charge in [0, 0.05) is 30.4 Å². The molecule has 18 heavy (non-hydrogen) atoms. The molecule has 4 heteroatoms. The molecule has 0 unspecified atom stereocenters. The van der Waals surface area contributed by atoms with Gasteiger partial charge in [-0.05, 0) is 44.6 Å². The minimum atomic E-state index is 0.771. The van der Waals surface area contributed by atoms with E-state index in [2.05, 4.69) is 35.9 Å². The molecule has 0 amide bonds. The summed E-state index contributed by atoms with van der Waals surface area (Å²) in [6.07, 6.45) is 3.91. The van der Waals surface area contributed by atoms with Crippen molar-refractivity contribution in [2.75, 3.05) is 11.5 Å². The fraction of sp³-hybridized carbons (Fsp3) is 0.786. The van der Waals surface area contributed by atoms with E-state index >= 15 is 0 Å². The summed E-state index contributed by atoms with van der Waals surface area (Å²) in [4.78, 5) is 0. The van der Waals surface area contributed by atoms with Gasteiger partial charge in [-0.25, -0.2) is 0 Å². The minimum absolute atomic E-state index is 0.771. The third-order valence-corrected chi connectivity index (χ3v) is 4.52. The number of hydrogen-bond donors (Lipinski definition) is 1. The van der Waals surface area contributed by atoms with Crippen molar-refractivity contribution in [2.45, 2.75) is 59.2 Å². The molecule has 1 heterocycles. The highest BCUT2D eigenvalue weighted by molar-refractivity contribution is 7.99. The molecule has 1 fully saturated rings. The number of aryl methyl sites for hydroxylation is 2. The molecule has 1 aromatic heterocycles. The van der Waals surface area contributed by atoms with Crippen LogP contribution in [0.15, 0.2) is 0 Å². The highest BCUT2D eigenvalue weighted by atomic mass is 32.2. The Labute approximate surface area is 115 Å². The second-order valence-corrected chi connectivity index (χ2v) is 6.47. The van der Waals surface area contributed by atoms with Gasteiger partial charge in [0.05, 0.1) is 5.69 Å². The van der Waals surface area contributed by atoms with Crippen molar-refractivity contribution >= 4 is 11.8 Å². The van der Waals surface area contributed by atoms with Gasteiger partial charge in [-0.2, -0.15) is 16.9 Å².